The summed E-state index contributed by atoms with van der Waals surface area (Å²) in [6.07, 6.45) is 4.22. The highest BCUT2D eigenvalue weighted by Crippen LogP contribution is 2.37. The molecule has 0 unspecified atom stereocenters. The van der Waals surface area contributed by atoms with E-state index in [0.717, 1.165) is 56.4 Å². The summed E-state index contributed by atoms with van der Waals surface area (Å²) < 4.78 is 0. The number of rotatable bonds is 10. The molecule has 8 aromatic carbocycles. The first-order valence-corrected chi connectivity index (χ1v) is 17.5. The van der Waals surface area contributed by atoms with Crippen molar-refractivity contribution < 1.29 is 0 Å². The first kappa shape index (κ1) is 32.1. The molecule has 0 amide bonds. The predicted molar refractivity (Wildman–Crippen MR) is 220 cm³/mol. The highest BCUT2D eigenvalue weighted by atomic mass is 15.1. The molecule has 246 valence electrons. The number of para-hydroxylation sites is 3. The van der Waals surface area contributed by atoms with Crippen molar-refractivity contribution in [3.05, 3.63) is 230 Å². The Hall–Kier alpha value is -7.08. The van der Waals surface area contributed by atoms with Crippen LogP contribution in [0.3, 0.4) is 0 Å². The molecule has 8 aromatic rings. The van der Waals surface area contributed by atoms with Gasteiger partial charge in [0.05, 0.1) is 0 Å². The van der Waals surface area contributed by atoms with E-state index in [1.165, 1.54) is 11.1 Å². The number of hydrogen-bond acceptors (Lipinski definition) is 2. The van der Waals surface area contributed by atoms with E-state index in [-0.39, 0.29) is 0 Å². The fraction of sp³-hybridized carbons (Fsp3) is 0. The monoisotopic (exact) mass is 664 g/mol. The maximum atomic E-state index is 3.38. The second-order valence-corrected chi connectivity index (χ2v) is 12.5. The van der Waals surface area contributed by atoms with E-state index < -0.39 is 0 Å². The number of benzene rings is 7. The van der Waals surface area contributed by atoms with Crippen molar-refractivity contribution in [2.45, 2.75) is 0 Å². The molecular formula is C50H36N2. The Morgan fingerprint density at radius 3 is 1.12 bits per heavy atom. The quantitative estimate of drug-likeness (QED) is 0.144. The summed E-state index contributed by atoms with van der Waals surface area (Å²) in [6, 6.07) is 78.9. The molecule has 2 nitrogen and oxygen atoms in total. The molecule has 0 aliphatic carbocycles. The van der Waals surface area contributed by atoms with Crippen molar-refractivity contribution in [1.82, 2.24) is 0 Å². The molecule has 0 fully saturated rings. The van der Waals surface area contributed by atoms with Crippen LogP contribution in [-0.4, -0.2) is 0 Å². The normalized spacial score (nSPS) is 10.8. The van der Waals surface area contributed by atoms with E-state index in [2.05, 4.69) is 222 Å². The van der Waals surface area contributed by atoms with Crippen LogP contribution in [-0.2, 0) is 0 Å². The molecule has 0 bridgehead atoms. The minimum absolute atomic E-state index is 0.980. The fourth-order valence-corrected chi connectivity index (χ4v) is 6.43. The van der Waals surface area contributed by atoms with Gasteiger partial charge in [-0.1, -0.05) is 140 Å². The first-order chi connectivity index (χ1) is 25.8. The highest BCUT2D eigenvalue weighted by molar-refractivity contribution is 5.81. The molecule has 0 N–H and O–H groups in total. The Kier molecular flexibility index (Phi) is 9.41. The molecular weight excluding hydrogens is 629 g/mol. The Morgan fingerprint density at radius 1 is 0.288 bits per heavy atom. The standard InChI is InChI=1S/C50H36N2/c1-5-13-41(14-6-1)43-29-35-50(36-30-43)52(47-19-11-4-12-20-47)48-33-25-40(26-34-48)22-21-39-23-27-42(28-24-39)44-31-37-49(38-32-44)51(45-15-7-2-8-16-45)46-17-9-3-10-18-46/h1-23,25-27,29-38H. The van der Waals surface area contributed by atoms with Crippen LogP contribution in [0, 0.1) is 12.1 Å². The van der Waals surface area contributed by atoms with Gasteiger partial charge in [-0.25, -0.2) is 0 Å². The van der Waals surface area contributed by atoms with Gasteiger partial charge in [-0.3, -0.25) is 0 Å². The SMILES string of the molecule is c1c(C=Cc2ccc(N(c3ccccc3)c3ccc(-c4ccccc4)cc3)cc2)ccc(-c2ccc(N(c3ccccc3)c3ccccc3)cc2)c#1. The average Bonchev–Trinajstić information content (AvgIpc) is 3.23. The van der Waals surface area contributed by atoms with Crippen molar-refractivity contribution in [2.24, 2.45) is 0 Å². The van der Waals surface area contributed by atoms with E-state index >= 15 is 0 Å². The summed E-state index contributed by atoms with van der Waals surface area (Å²) in [5.74, 6) is 0. The molecule has 0 saturated carbocycles. The molecule has 0 heterocycles. The second kappa shape index (κ2) is 15.2. The van der Waals surface area contributed by atoms with Crippen molar-refractivity contribution in [3.63, 3.8) is 0 Å². The van der Waals surface area contributed by atoms with Crippen molar-refractivity contribution in [3.8, 4) is 22.3 Å². The molecule has 8 rings (SSSR count). The lowest BCUT2D eigenvalue weighted by molar-refractivity contribution is 1.28. The molecule has 2 heteroatoms. The van der Waals surface area contributed by atoms with Gasteiger partial charge in [-0.2, -0.15) is 0 Å². The Labute approximate surface area is 306 Å². The zero-order chi connectivity index (χ0) is 35.0. The molecule has 0 aliphatic rings. The van der Waals surface area contributed by atoms with Gasteiger partial charge in [0.2, 0.25) is 0 Å². The number of hydrogen-bond donors (Lipinski definition) is 0. The zero-order valence-corrected chi connectivity index (χ0v) is 28.7. The van der Waals surface area contributed by atoms with Gasteiger partial charge in [0.15, 0.2) is 0 Å². The maximum absolute atomic E-state index is 3.38. The average molecular weight is 665 g/mol. The third-order valence-electron chi connectivity index (χ3n) is 9.09. The predicted octanol–water partition coefficient (Wildman–Crippen LogP) is 13.7. The number of anilines is 6. The van der Waals surface area contributed by atoms with Gasteiger partial charge in [-0.15, -0.1) is 0 Å². The first-order valence-electron chi connectivity index (χ1n) is 17.5. The summed E-state index contributed by atoms with van der Waals surface area (Å²) in [7, 11) is 0. The van der Waals surface area contributed by atoms with Crippen LogP contribution in [0.5, 0.6) is 0 Å². The molecule has 0 aliphatic heterocycles. The molecule has 52 heavy (non-hydrogen) atoms. The molecule has 0 aromatic heterocycles. The van der Waals surface area contributed by atoms with Crippen LogP contribution in [0.2, 0.25) is 0 Å². The van der Waals surface area contributed by atoms with Gasteiger partial charge in [0.25, 0.3) is 0 Å². The van der Waals surface area contributed by atoms with Crippen LogP contribution in [0.1, 0.15) is 11.1 Å². The van der Waals surface area contributed by atoms with Crippen molar-refractivity contribution >= 4 is 46.3 Å². The smallest absolute Gasteiger partial charge is 0.0462 e. The molecule has 0 saturated heterocycles. The summed E-state index contributed by atoms with van der Waals surface area (Å²) in [4.78, 5) is 4.56. The number of nitrogens with zero attached hydrogens (tertiary/aromatic N) is 2. The van der Waals surface area contributed by atoms with Gasteiger partial charge in [0, 0.05) is 45.3 Å². The van der Waals surface area contributed by atoms with E-state index in [1.807, 2.05) is 18.2 Å². The van der Waals surface area contributed by atoms with E-state index in [4.69, 9.17) is 0 Å². The third-order valence-corrected chi connectivity index (χ3v) is 9.09. The summed E-state index contributed by atoms with van der Waals surface area (Å²) >= 11 is 0. The minimum atomic E-state index is 0.980. The van der Waals surface area contributed by atoms with Crippen molar-refractivity contribution in [2.75, 3.05) is 9.80 Å². The van der Waals surface area contributed by atoms with Crippen LogP contribution in [0.25, 0.3) is 34.4 Å². The van der Waals surface area contributed by atoms with Gasteiger partial charge in [0.1, 0.15) is 0 Å². The lowest BCUT2D eigenvalue weighted by atomic mass is 10.0. The van der Waals surface area contributed by atoms with Crippen LogP contribution >= 0.6 is 0 Å². The molecule has 0 atom stereocenters. The molecule has 0 spiro atoms. The lowest BCUT2D eigenvalue weighted by Crippen LogP contribution is -2.09. The van der Waals surface area contributed by atoms with E-state index in [9.17, 15) is 0 Å². The van der Waals surface area contributed by atoms with Crippen LogP contribution in [0.4, 0.5) is 34.1 Å². The summed E-state index contributed by atoms with van der Waals surface area (Å²) in [6.45, 7) is 0. The lowest BCUT2D eigenvalue weighted by Gasteiger charge is -2.25. The Bertz CT molecular complexity index is 2290. The van der Waals surface area contributed by atoms with E-state index in [1.54, 1.807) is 0 Å². The van der Waals surface area contributed by atoms with Gasteiger partial charge in [-0.05, 0) is 113 Å². The third kappa shape index (κ3) is 7.26. The van der Waals surface area contributed by atoms with E-state index in [0.29, 0.717) is 0 Å². The summed E-state index contributed by atoms with van der Waals surface area (Å²) in [5.41, 5.74) is 13.3. The Morgan fingerprint density at radius 2 is 0.673 bits per heavy atom. The van der Waals surface area contributed by atoms with Crippen LogP contribution < -0.4 is 9.80 Å². The topological polar surface area (TPSA) is 6.48 Å². The zero-order valence-electron chi connectivity index (χ0n) is 28.7. The molecule has 0 radical (unpaired) electrons. The maximum Gasteiger partial charge on any atom is 0.0462 e. The Balaban J connectivity index is 0.975. The van der Waals surface area contributed by atoms with Gasteiger partial charge >= 0.3 is 0 Å². The largest absolute Gasteiger partial charge is 0.311 e. The van der Waals surface area contributed by atoms with Gasteiger partial charge < -0.3 is 9.80 Å². The van der Waals surface area contributed by atoms with Crippen molar-refractivity contribution in [1.29, 1.82) is 0 Å². The summed E-state index contributed by atoms with van der Waals surface area (Å²) in [5, 5.41) is 0. The minimum Gasteiger partial charge on any atom is -0.311 e. The van der Waals surface area contributed by atoms with Crippen LogP contribution in [0.15, 0.2) is 206 Å². The fourth-order valence-electron chi connectivity index (χ4n) is 6.43. The second-order valence-electron chi connectivity index (χ2n) is 12.5. The highest BCUT2D eigenvalue weighted by Gasteiger charge is 2.13.